The fourth-order valence-corrected chi connectivity index (χ4v) is 1.85. The van der Waals surface area contributed by atoms with Crippen molar-refractivity contribution in [1.29, 1.82) is 0 Å². The Morgan fingerprint density at radius 3 is 2.55 bits per heavy atom. The zero-order chi connectivity index (χ0) is 14.2. The maximum Gasteiger partial charge on any atom is 0.142 e. The first-order valence-electron chi connectivity index (χ1n) is 6.68. The highest BCUT2D eigenvalue weighted by Crippen LogP contribution is 2.07. The average molecular weight is 271 g/mol. The summed E-state index contributed by atoms with van der Waals surface area (Å²) in [4.78, 5) is 5.31. The third-order valence-corrected chi connectivity index (χ3v) is 2.96. The van der Waals surface area contributed by atoms with Crippen molar-refractivity contribution in [1.82, 2.24) is 0 Å². The smallest absolute Gasteiger partial charge is 0.142 e. The Labute approximate surface area is 118 Å². The summed E-state index contributed by atoms with van der Waals surface area (Å²) in [5.74, 6) is -0.197. The molecular formula is C17H18FNO. The van der Waals surface area contributed by atoms with Gasteiger partial charge in [-0.25, -0.2) is 4.39 Å². The standard InChI is InChI=1S/C17H18FNO/c1-14(10-11-15-8-5-9-17(18)12-15)19-20-13-16-6-3-2-4-7-16/h2-9,12H,10-11,13H2,1H3. The van der Waals surface area contributed by atoms with Gasteiger partial charge in [-0.1, -0.05) is 47.6 Å². The molecule has 104 valence electrons. The minimum Gasteiger partial charge on any atom is -0.391 e. The summed E-state index contributed by atoms with van der Waals surface area (Å²) in [6.07, 6.45) is 1.53. The van der Waals surface area contributed by atoms with E-state index in [1.54, 1.807) is 12.1 Å². The van der Waals surface area contributed by atoms with Gasteiger partial charge in [-0.05, 0) is 43.0 Å². The van der Waals surface area contributed by atoms with Crippen LogP contribution in [0.4, 0.5) is 4.39 Å². The molecule has 0 radical (unpaired) electrons. The summed E-state index contributed by atoms with van der Waals surface area (Å²) in [5.41, 5.74) is 2.97. The fourth-order valence-electron chi connectivity index (χ4n) is 1.85. The molecule has 0 aliphatic rings. The van der Waals surface area contributed by atoms with Gasteiger partial charge in [0.05, 0.1) is 5.71 Å². The van der Waals surface area contributed by atoms with Gasteiger partial charge < -0.3 is 4.84 Å². The van der Waals surface area contributed by atoms with Crippen molar-refractivity contribution >= 4 is 5.71 Å². The summed E-state index contributed by atoms with van der Waals surface area (Å²) >= 11 is 0. The zero-order valence-corrected chi connectivity index (χ0v) is 11.6. The van der Waals surface area contributed by atoms with Crippen molar-refractivity contribution in [2.75, 3.05) is 0 Å². The number of hydrogen-bond donors (Lipinski definition) is 0. The van der Waals surface area contributed by atoms with Crippen LogP contribution in [0.15, 0.2) is 59.8 Å². The molecule has 0 bridgehead atoms. The molecule has 0 fully saturated rings. The van der Waals surface area contributed by atoms with Crippen LogP contribution in [0.3, 0.4) is 0 Å². The molecule has 0 heterocycles. The van der Waals surface area contributed by atoms with Crippen molar-refractivity contribution in [2.45, 2.75) is 26.4 Å². The molecule has 2 aromatic rings. The van der Waals surface area contributed by atoms with Crippen LogP contribution in [0, 0.1) is 5.82 Å². The van der Waals surface area contributed by atoms with Gasteiger partial charge in [0, 0.05) is 0 Å². The lowest BCUT2D eigenvalue weighted by atomic mass is 10.1. The van der Waals surface area contributed by atoms with Gasteiger partial charge in [0.25, 0.3) is 0 Å². The number of benzene rings is 2. The average Bonchev–Trinajstić information content (AvgIpc) is 2.46. The van der Waals surface area contributed by atoms with E-state index in [2.05, 4.69) is 5.16 Å². The van der Waals surface area contributed by atoms with Crippen LogP contribution in [-0.4, -0.2) is 5.71 Å². The van der Waals surface area contributed by atoms with E-state index in [0.29, 0.717) is 6.61 Å². The molecule has 2 nitrogen and oxygen atoms in total. The van der Waals surface area contributed by atoms with Crippen LogP contribution in [-0.2, 0) is 17.9 Å². The van der Waals surface area contributed by atoms with Crippen molar-refractivity contribution in [3.8, 4) is 0 Å². The number of aryl methyl sites for hydroxylation is 1. The van der Waals surface area contributed by atoms with Crippen molar-refractivity contribution in [2.24, 2.45) is 5.16 Å². The molecule has 0 saturated carbocycles. The van der Waals surface area contributed by atoms with Crippen LogP contribution >= 0.6 is 0 Å². The Morgan fingerprint density at radius 2 is 1.80 bits per heavy atom. The molecule has 0 aliphatic heterocycles. The van der Waals surface area contributed by atoms with E-state index >= 15 is 0 Å². The van der Waals surface area contributed by atoms with Crippen LogP contribution < -0.4 is 0 Å². The van der Waals surface area contributed by atoms with E-state index in [1.807, 2.05) is 43.3 Å². The lowest BCUT2D eigenvalue weighted by Gasteiger charge is -2.03. The zero-order valence-electron chi connectivity index (χ0n) is 11.6. The van der Waals surface area contributed by atoms with Gasteiger partial charge in [0.1, 0.15) is 12.4 Å². The predicted molar refractivity (Wildman–Crippen MR) is 79.1 cm³/mol. The number of halogens is 1. The Hall–Kier alpha value is -2.16. The lowest BCUT2D eigenvalue weighted by Crippen LogP contribution is -1.97. The quantitative estimate of drug-likeness (QED) is 0.565. The normalized spacial score (nSPS) is 11.4. The predicted octanol–water partition coefficient (Wildman–Crippen LogP) is 4.35. The summed E-state index contributed by atoms with van der Waals surface area (Å²) in [6.45, 7) is 2.39. The molecule has 2 aromatic carbocycles. The van der Waals surface area contributed by atoms with E-state index < -0.39 is 0 Å². The van der Waals surface area contributed by atoms with E-state index in [1.165, 1.54) is 6.07 Å². The van der Waals surface area contributed by atoms with Crippen LogP contribution in [0.5, 0.6) is 0 Å². The molecule has 0 saturated heterocycles. The third kappa shape index (κ3) is 4.84. The van der Waals surface area contributed by atoms with Gasteiger partial charge in [-0.2, -0.15) is 0 Å². The molecule has 0 unspecified atom stereocenters. The summed E-state index contributed by atoms with van der Waals surface area (Å²) < 4.78 is 13.0. The molecular weight excluding hydrogens is 253 g/mol. The van der Waals surface area contributed by atoms with Crippen LogP contribution in [0.1, 0.15) is 24.5 Å². The van der Waals surface area contributed by atoms with E-state index in [4.69, 9.17) is 4.84 Å². The topological polar surface area (TPSA) is 21.6 Å². The Balaban J connectivity index is 1.77. The number of rotatable bonds is 6. The van der Waals surface area contributed by atoms with Crippen LogP contribution in [0.2, 0.25) is 0 Å². The van der Waals surface area contributed by atoms with Gasteiger partial charge in [0.2, 0.25) is 0 Å². The minimum atomic E-state index is -0.197. The molecule has 0 aliphatic carbocycles. The van der Waals surface area contributed by atoms with Crippen molar-refractivity contribution in [3.63, 3.8) is 0 Å². The molecule has 2 rings (SSSR count). The van der Waals surface area contributed by atoms with E-state index in [9.17, 15) is 4.39 Å². The monoisotopic (exact) mass is 271 g/mol. The molecule has 3 heteroatoms. The second-order valence-electron chi connectivity index (χ2n) is 4.72. The first kappa shape index (κ1) is 14.3. The maximum absolute atomic E-state index is 13.0. The molecule has 20 heavy (non-hydrogen) atoms. The second kappa shape index (κ2) is 7.43. The Morgan fingerprint density at radius 1 is 1.05 bits per heavy atom. The largest absolute Gasteiger partial charge is 0.391 e. The first-order valence-corrected chi connectivity index (χ1v) is 6.68. The SMILES string of the molecule is CC(CCc1cccc(F)c1)=NOCc1ccccc1. The maximum atomic E-state index is 13.0. The van der Waals surface area contributed by atoms with E-state index in [0.717, 1.165) is 29.7 Å². The molecule has 0 amide bonds. The lowest BCUT2D eigenvalue weighted by molar-refractivity contribution is 0.129. The highest BCUT2D eigenvalue weighted by molar-refractivity contribution is 5.81. The number of nitrogens with zero attached hydrogens (tertiary/aromatic N) is 1. The first-order chi connectivity index (χ1) is 9.74. The van der Waals surface area contributed by atoms with Crippen LogP contribution in [0.25, 0.3) is 0 Å². The van der Waals surface area contributed by atoms with Gasteiger partial charge in [-0.3, -0.25) is 0 Å². The summed E-state index contributed by atoms with van der Waals surface area (Å²) in [6, 6.07) is 16.6. The molecule has 0 N–H and O–H groups in total. The van der Waals surface area contributed by atoms with Gasteiger partial charge in [0.15, 0.2) is 0 Å². The van der Waals surface area contributed by atoms with Crippen molar-refractivity contribution in [3.05, 3.63) is 71.5 Å². The molecule has 0 atom stereocenters. The third-order valence-electron chi connectivity index (χ3n) is 2.96. The highest BCUT2D eigenvalue weighted by Gasteiger charge is 1.98. The molecule has 0 spiro atoms. The number of oxime groups is 1. The van der Waals surface area contributed by atoms with Gasteiger partial charge >= 0.3 is 0 Å². The highest BCUT2D eigenvalue weighted by atomic mass is 19.1. The fraction of sp³-hybridized carbons (Fsp3) is 0.235. The Kier molecular flexibility index (Phi) is 5.30. The van der Waals surface area contributed by atoms with E-state index in [-0.39, 0.29) is 5.82 Å². The molecule has 0 aromatic heterocycles. The Bertz CT molecular complexity index is 566. The minimum absolute atomic E-state index is 0.197. The second-order valence-corrected chi connectivity index (χ2v) is 4.72. The van der Waals surface area contributed by atoms with Gasteiger partial charge in [-0.15, -0.1) is 0 Å². The number of hydrogen-bond acceptors (Lipinski definition) is 2. The van der Waals surface area contributed by atoms with Crippen molar-refractivity contribution < 1.29 is 9.23 Å². The summed E-state index contributed by atoms with van der Waals surface area (Å²) in [5, 5.41) is 4.08. The summed E-state index contributed by atoms with van der Waals surface area (Å²) in [7, 11) is 0.